The molecule has 8 nitrogen and oxygen atoms in total. The predicted molar refractivity (Wildman–Crippen MR) is 147 cm³/mol. The maximum absolute atomic E-state index is 13.7. The summed E-state index contributed by atoms with van der Waals surface area (Å²) in [5, 5.41) is 9.33. The molecule has 0 aromatic heterocycles. The summed E-state index contributed by atoms with van der Waals surface area (Å²) >= 11 is 0. The standard InChI is InChI=1S/C30H33N3O5S/c1-29(2,3)38-28(35)32-39(36,37)33-12-10-19(11-13-33)20-7-9-23-24(15-20)30(4,5)25-16-21-14-18(17-31)6-8-22(21)26(25)27(23)34/h6-9,14-15,19H,10-13,16H2,1-5H3,(H,32,35). The summed E-state index contributed by atoms with van der Waals surface area (Å²) in [5.74, 6) is 0.145. The number of allylic oxidation sites excluding steroid dienone is 2. The summed E-state index contributed by atoms with van der Waals surface area (Å²) in [6.45, 7) is 9.85. The molecule has 1 heterocycles. The highest BCUT2D eigenvalue weighted by atomic mass is 32.2. The van der Waals surface area contributed by atoms with Crippen LogP contribution in [0.5, 0.6) is 0 Å². The largest absolute Gasteiger partial charge is 0.443 e. The van der Waals surface area contributed by atoms with Crippen molar-refractivity contribution in [1.29, 1.82) is 5.26 Å². The van der Waals surface area contributed by atoms with Gasteiger partial charge in [-0.15, -0.1) is 0 Å². The zero-order chi connectivity index (χ0) is 28.3. The molecule has 0 atom stereocenters. The van der Waals surface area contributed by atoms with E-state index in [4.69, 9.17) is 4.74 Å². The molecule has 0 saturated carbocycles. The van der Waals surface area contributed by atoms with E-state index in [0.717, 1.165) is 33.4 Å². The van der Waals surface area contributed by atoms with E-state index in [2.05, 4.69) is 26.0 Å². The van der Waals surface area contributed by atoms with Crippen molar-refractivity contribution in [2.75, 3.05) is 13.1 Å². The van der Waals surface area contributed by atoms with Crippen molar-refractivity contribution in [3.63, 3.8) is 0 Å². The van der Waals surface area contributed by atoms with Gasteiger partial charge in [0.25, 0.3) is 0 Å². The van der Waals surface area contributed by atoms with Crippen LogP contribution in [-0.2, 0) is 26.8 Å². The van der Waals surface area contributed by atoms with Gasteiger partial charge in [0.15, 0.2) is 5.78 Å². The van der Waals surface area contributed by atoms with Crippen LogP contribution in [0.1, 0.15) is 91.6 Å². The zero-order valence-electron chi connectivity index (χ0n) is 22.9. The van der Waals surface area contributed by atoms with E-state index >= 15 is 0 Å². The van der Waals surface area contributed by atoms with E-state index in [0.29, 0.717) is 30.4 Å². The number of benzene rings is 2. The summed E-state index contributed by atoms with van der Waals surface area (Å²) in [5.41, 5.74) is 5.96. The normalized spacial score (nSPS) is 19.1. The molecule has 2 aromatic rings. The van der Waals surface area contributed by atoms with Crippen LogP contribution in [0.15, 0.2) is 42.0 Å². The van der Waals surface area contributed by atoms with Crippen molar-refractivity contribution in [3.05, 3.63) is 75.4 Å². The van der Waals surface area contributed by atoms with Crippen molar-refractivity contribution < 1.29 is 22.7 Å². The summed E-state index contributed by atoms with van der Waals surface area (Å²) < 4.78 is 33.8. The van der Waals surface area contributed by atoms with E-state index < -0.39 is 21.9 Å². The summed E-state index contributed by atoms with van der Waals surface area (Å²) in [4.78, 5) is 25.7. The zero-order valence-corrected chi connectivity index (χ0v) is 23.7. The molecular formula is C30H33N3O5S. The molecule has 1 saturated heterocycles. The van der Waals surface area contributed by atoms with Gasteiger partial charge in [-0.1, -0.05) is 38.1 Å². The second-order valence-corrected chi connectivity index (χ2v) is 13.7. The van der Waals surface area contributed by atoms with Gasteiger partial charge < -0.3 is 4.74 Å². The number of fused-ring (bicyclic) bond motifs is 3. The fourth-order valence-corrected chi connectivity index (χ4v) is 7.09. The number of carbonyl (C=O) groups is 2. The molecule has 0 spiro atoms. The van der Waals surface area contributed by atoms with Gasteiger partial charge in [-0.05, 0) is 85.9 Å². The number of nitriles is 1. The average molecular weight is 548 g/mol. The highest BCUT2D eigenvalue weighted by Crippen LogP contribution is 2.50. The van der Waals surface area contributed by atoms with Gasteiger partial charge in [0.1, 0.15) is 5.60 Å². The Morgan fingerprint density at radius 1 is 1.10 bits per heavy atom. The predicted octanol–water partition coefficient (Wildman–Crippen LogP) is 4.99. The lowest BCUT2D eigenvalue weighted by atomic mass is 9.67. The second-order valence-electron chi connectivity index (χ2n) is 12.1. The van der Waals surface area contributed by atoms with Crippen LogP contribution in [0.2, 0.25) is 0 Å². The number of nitrogens with zero attached hydrogens (tertiary/aromatic N) is 2. The van der Waals surface area contributed by atoms with Crippen LogP contribution in [0, 0.1) is 11.3 Å². The monoisotopic (exact) mass is 547 g/mol. The van der Waals surface area contributed by atoms with E-state index in [1.165, 1.54) is 4.31 Å². The first-order valence-electron chi connectivity index (χ1n) is 13.2. The van der Waals surface area contributed by atoms with Crippen molar-refractivity contribution in [2.45, 2.75) is 70.8 Å². The van der Waals surface area contributed by atoms with Gasteiger partial charge in [-0.25, -0.2) is 9.52 Å². The topological polar surface area (TPSA) is 117 Å². The third-order valence-corrected chi connectivity index (χ3v) is 9.46. The molecular weight excluding hydrogens is 514 g/mol. The molecule has 204 valence electrons. The minimum absolute atomic E-state index is 0.0171. The van der Waals surface area contributed by atoms with Crippen molar-refractivity contribution in [1.82, 2.24) is 9.03 Å². The van der Waals surface area contributed by atoms with Crippen LogP contribution < -0.4 is 4.72 Å². The van der Waals surface area contributed by atoms with Gasteiger partial charge >= 0.3 is 16.3 Å². The molecule has 2 aliphatic carbocycles. The molecule has 2 aromatic carbocycles. The summed E-state index contributed by atoms with van der Waals surface area (Å²) in [6.07, 6.45) is 0.846. The minimum Gasteiger partial charge on any atom is -0.443 e. The number of amides is 1. The first-order valence-corrected chi connectivity index (χ1v) is 14.6. The third-order valence-electron chi connectivity index (χ3n) is 7.99. The number of ether oxygens (including phenoxy) is 1. The van der Waals surface area contributed by atoms with Gasteiger partial charge in [-0.2, -0.15) is 18.0 Å². The molecule has 1 aliphatic heterocycles. The SMILES string of the molecule is CC(C)(C)OC(=O)NS(=O)(=O)N1CCC(c2ccc3c(c2)C(C)(C)C2=C(C3=O)c3ccc(C#N)cc3C2)CC1. The van der Waals surface area contributed by atoms with Crippen molar-refractivity contribution in [2.24, 2.45) is 0 Å². The minimum atomic E-state index is -4.00. The smallest absolute Gasteiger partial charge is 0.422 e. The maximum atomic E-state index is 13.7. The Hall–Kier alpha value is -3.48. The Kier molecular flexibility index (Phi) is 6.47. The van der Waals surface area contributed by atoms with Crippen LogP contribution >= 0.6 is 0 Å². The summed E-state index contributed by atoms with van der Waals surface area (Å²) in [7, 11) is -4.00. The van der Waals surface area contributed by atoms with Crippen molar-refractivity contribution in [3.8, 4) is 6.07 Å². The molecule has 0 unspecified atom stereocenters. The van der Waals surface area contributed by atoms with Gasteiger partial charge in [-0.3, -0.25) is 4.79 Å². The van der Waals surface area contributed by atoms with E-state index in [-0.39, 0.29) is 30.2 Å². The van der Waals surface area contributed by atoms with Gasteiger partial charge in [0.05, 0.1) is 11.6 Å². The number of Topliss-reactive ketones (excluding diaryl/α,β-unsaturated/α-hetero) is 1. The Labute approximate surface area is 229 Å². The molecule has 1 amide bonds. The quantitative estimate of drug-likeness (QED) is 0.579. The molecule has 0 radical (unpaired) electrons. The molecule has 5 rings (SSSR count). The molecule has 0 bridgehead atoms. The lowest BCUT2D eigenvalue weighted by Crippen LogP contribution is -2.47. The van der Waals surface area contributed by atoms with Crippen LogP contribution in [0.3, 0.4) is 0 Å². The van der Waals surface area contributed by atoms with Crippen LogP contribution in [0.25, 0.3) is 5.57 Å². The number of piperidine rings is 1. The number of nitrogens with one attached hydrogen (secondary N) is 1. The third kappa shape index (κ3) is 4.88. The van der Waals surface area contributed by atoms with E-state index in [1.807, 2.05) is 29.0 Å². The first kappa shape index (κ1) is 27.1. The number of rotatable bonds is 3. The number of ketones is 1. The first-order chi connectivity index (χ1) is 18.2. The number of hydrogen-bond acceptors (Lipinski definition) is 6. The molecule has 39 heavy (non-hydrogen) atoms. The van der Waals surface area contributed by atoms with Gasteiger partial charge in [0.2, 0.25) is 0 Å². The Morgan fingerprint density at radius 2 is 1.77 bits per heavy atom. The molecule has 3 aliphatic rings. The van der Waals surface area contributed by atoms with Gasteiger partial charge in [0, 0.05) is 29.6 Å². The van der Waals surface area contributed by atoms with E-state index in [1.54, 1.807) is 26.8 Å². The van der Waals surface area contributed by atoms with Crippen LogP contribution in [0.4, 0.5) is 4.79 Å². The molecule has 1 N–H and O–H groups in total. The Bertz CT molecular complexity index is 1570. The highest BCUT2D eigenvalue weighted by molar-refractivity contribution is 7.87. The fourth-order valence-electron chi connectivity index (χ4n) is 6.01. The lowest BCUT2D eigenvalue weighted by molar-refractivity contribution is 0.0566. The Balaban J connectivity index is 1.34. The van der Waals surface area contributed by atoms with E-state index in [9.17, 15) is 23.3 Å². The Morgan fingerprint density at radius 3 is 2.41 bits per heavy atom. The summed E-state index contributed by atoms with van der Waals surface area (Å²) in [6, 6.07) is 13.7. The second kappa shape index (κ2) is 9.32. The fraction of sp³-hybridized carbons (Fsp3) is 0.433. The van der Waals surface area contributed by atoms with Crippen molar-refractivity contribution >= 4 is 27.7 Å². The number of hydrogen-bond donors (Lipinski definition) is 1. The molecule has 9 heteroatoms. The maximum Gasteiger partial charge on any atom is 0.422 e. The highest BCUT2D eigenvalue weighted by Gasteiger charge is 2.43. The average Bonchev–Trinajstić information content (AvgIpc) is 3.26. The number of carbonyl (C=O) groups excluding carboxylic acids is 2. The molecule has 1 fully saturated rings. The lowest BCUT2D eigenvalue weighted by Gasteiger charge is -2.36. The van der Waals surface area contributed by atoms with Crippen LogP contribution in [-0.4, -0.2) is 43.3 Å².